The fraction of sp³-hybridized carbons (Fsp3) is 0.167. The second kappa shape index (κ2) is 5.16. The molecule has 2 aromatic rings. The molecule has 0 aliphatic carbocycles. The molecule has 0 aliphatic rings. The highest BCUT2D eigenvalue weighted by atomic mass is 16.1. The maximum atomic E-state index is 11.7. The van der Waals surface area contributed by atoms with Crippen molar-refractivity contribution in [3.63, 3.8) is 0 Å². The van der Waals surface area contributed by atoms with E-state index in [9.17, 15) is 4.79 Å². The van der Waals surface area contributed by atoms with Crippen molar-refractivity contribution < 1.29 is 4.79 Å². The average molecular weight is 230 g/mol. The molecule has 17 heavy (non-hydrogen) atoms. The van der Waals surface area contributed by atoms with Crippen molar-refractivity contribution in [3.8, 4) is 0 Å². The second-order valence-corrected chi connectivity index (χ2v) is 3.63. The van der Waals surface area contributed by atoms with Crippen molar-refractivity contribution in [2.24, 2.45) is 0 Å². The van der Waals surface area contributed by atoms with Crippen LogP contribution in [0.4, 0.5) is 11.5 Å². The summed E-state index contributed by atoms with van der Waals surface area (Å²) >= 11 is 0. The number of aromatic amines is 1. The summed E-state index contributed by atoms with van der Waals surface area (Å²) in [5.41, 5.74) is 1.66. The third kappa shape index (κ3) is 3.07. The molecule has 0 fully saturated rings. The van der Waals surface area contributed by atoms with E-state index in [4.69, 9.17) is 0 Å². The molecule has 0 bridgehead atoms. The molecule has 0 spiro atoms. The molecular weight excluding hydrogens is 216 g/mol. The summed E-state index contributed by atoms with van der Waals surface area (Å²) in [6.45, 7) is 0. The standard InChI is InChI=1S/C12H14N4O/c1-13-11-3-2-10(8-15-11)16-12(17)6-9-4-5-14-7-9/h2-5,7-8,14H,6H2,1H3,(H,13,15)(H,16,17). The smallest absolute Gasteiger partial charge is 0.228 e. The Bertz CT molecular complexity index is 476. The van der Waals surface area contributed by atoms with Gasteiger partial charge in [0.2, 0.25) is 5.91 Å². The maximum absolute atomic E-state index is 11.7. The normalized spacial score (nSPS) is 9.94. The minimum Gasteiger partial charge on any atom is -0.373 e. The molecule has 0 radical (unpaired) electrons. The van der Waals surface area contributed by atoms with Crippen LogP contribution in [0.15, 0.2) is 36.8 Å². The molecule has 0 aliphatic heterocycles. The zero-order chi connectivity index (χ0) is 12.1. The number of pyridine rings is 1. The van der Waals surface area contributed by atoms with Crippen molar-refractivity contribution in [2.45, 2.75) is 6.42 Å². The van der Waals surface area contributed by atoms with E-state index in [1.165, 1.54) is 0 Å². The number of hydrogen-bond acceptors (Lipinski definition) is 3. The van der Waals surface area contributed by atoms with E-state index >= 15 is 0 Å². The van der Waals surface area contributed by atoms with Gasteiger partial charge in [-0.05, 0) is 23.8 Å². The van der Waals surface area contributed by atoms with E-state index in [0.29, 0.717) is 12.1 Å². The number of rotatable bonds is 4. The Kier molecular flexibility index (Phi) is 3.40. The van der Waals surface area contributed by atoms with Crippen LogP contribution in [0.25, 0.3) is 0 Å². The first-order valence-corrected chi connectivity index (χ1v) is 5.33. The molecule has 0 saturated heterocycles. The van der Waals surface area contributed by atoms with Gasteiger partial charge in [0.1, 0.15) is 5.82 Å². The highest BCUT2D eigenvalue weighted by Crippen LogP contribution is 2.09. The number of nitrogens with zero attached hydrogens (tertiary/aromatic N) is 1. The minimum atomic E-state index is -0.0522. The lowest BCUT2D eigenvalue weighted by Gasteiger charge is -2.05. The molecule has 1 amide bonds. The SMILES string of the molecule is CNc1ccc(NC(=O)Cc2cc[nH]c2)cn1. The van der Waals surface area contributed by atoms with Crippen LogP contribution in [0.2, 0.25) is 0 Å². The van der Waals surface area contributed by atoms with Crippen LogP contribution in [0.5, 0.6) is 0 Å². The van der Waals surface area contributed by atoms with Gasteiger partial charge in [0, 0.05) is 19.4 Å². The van der Waals surface area contributed by atoms with E-state index in [1.807, 2.05) is 24.4 Å². The van der Waals surface area contributed by atoms with Crippen molar-refractivity contribution in [1.82, 2.24) is 9.97 Å². The number of carbonyl (C=O) groups excluding carboxylic acids is 1. The second-order valence-electron chi connectivity index (χ2n) is 3.63. The highest BCUT2D eigenvalue weighted by Gasteiger charge is 2.04. The van der Waals surface area contributed by atoms with E-state index < -0.39 is 0 Å². The van der Waals surface area contributed by atoms with E-state index in [0.717, 1.165) is 11.4 Å². The fourth-order valence-electron chi connectivity index (χ4n) is 1.47. The molecule has 2 rings (SSSR count). The van der Waals surface area contributed by atoms with Gasteiger partial charge in [0.05, 0.1) is 18.3 Å². The van der Waals surface area contributed by atoms with E-state index in [1.54, 1.807) is 19.4 Å². The lowest BCUT2D eigenvalue weighted by molar-refractivity contribution is -0.115. The van der Waals surface area contributed by atoms with Crippen molar-refractivity contribution in [1.29, 1.82) is 0 Å². The van der Waals surface area contributed by atoms with Gasteiger partial charge in [-0.15, -0.1) is 0 Å². The highest BCUT2D eigenvalue weighted by molar-refractivity contribution is 5.92. The Morgan fingerprint density at radius 2 is 2.29 bits per heavy atom. The first-order chi connectivity index (χ1) is 8.28. The zero-order valence-corrected chi connectivity index (χ0v) is 9.53. The summed E-state index contributed by atoms with van der Waals surface area (Å²) < 4.78 is 0. The van der Waals surface area contributed by atoms with Gasteiger partial charge in [-0.1, -0.05) is 0 Å². The van der Waals surface area contributed by atoms with E-state index in [2.05, 4.69) is 20.6 Å². The first-order valence-electron chi connectivity index (χ1n) is 5.33. The number of H-pyrrole nitrogens is 1. The fourth-order valence-corrected chi connectivity index (χ4v) is 1.47. The number of nitrogens with one attached hydrogen (secondary N) is 3. The van der Waals surface area contributed by atoms with Crippen LogP contribution in [0, 0.1) is 0 Å². The van der Waals surface area contributed by atoms with Gasteiger partial charge in [-0.2, -0.15) is 0 Å². The molecule has 2 aromatic heterocycles. The summed E-state index contributed by atoms with van der Waals surface area (Å²) in [5.74, 6) is 0.720. The lowest BCUT2D eigenvalue weighted by Crippen LogP contribution is -2.14. The topological polar surface area (TPSA) is 69.8 Å². The molecule has 0 unspecified atom stereocenters. The largest absolute Gasteiger partial charge is 0.373 e. The van der Waals surface area contributed by atoms with Crippen LogP contribution < -0.4 is 10.6 Å². The zero-order valence-electron chi connectivity index (χ0n) is 9.53. The van der Waals surface area contributed by atoms with Crippen molar-refractivity contribution in [2.75, 3.05) is 17.7 Å². The summed E-state index contributed by atoms with van der Waals surface area (Å²) in [6, 6.07) is 5.50. The number of anilines is 2. The summed E-state index contributed by atoms with van der Waals surface area (Å²) in [6.07, 6.45) is 5.59. The van der Waals surface area contributed by atoms with Gasteiger partial charge in [-0.25, -0.2) is 4.98 Å². The summed E-state index contributed by atoms with van der Waals surface area (Å²) in [7, 11) is 1.80. The first kappa shape index (κ1) is 11.2. The minimum absolute atomic E-state index is 0.0522. The molecule has 0 atom stereocenters. The third-order valence-corrected chi connectivity index (χ3v) is 2.33. The Labute approximate surface area is 99.3 Å². The number of aromatic nitrogens is 2. The van der Waals surface area contributed by atoms with Gasteiger partial charge in [0.25, 0.3) is 0 Å². The predicted octanol–water partition coefficient (Wildman–Crippen LogP) is 1.63. The molecule has 5 heteroatoms. The summed E-state index contributed by atoms with van der Waals surface area (Å²) in [4.78, 5) is 18.7. The van der Waals surface area contributed by atoms with Gasteiger partial charge < -0.3 is 15.6 Å². The van der Waals surface area contributed by atoms with Gasteiger partial charge in [0.15, 0.2) is 0 Å². The van der Waals surface area contributed by atoms with Crippen LogP contribution in [0.1, 0.15) is 5.56 Å². The predicted molar refractivity (Wildman–Crippen MR) is 66.9 cm³/mol. The monoisotopic (exact) mass is 230 g/mol. The molecule has 88 valence electrons. The van der Waals surface area contributed by atoms with Crippen LogP contribution in [0.3, 0.4) is 0 Å². The molecular formula is C12H14N4O. The average Bonchev–Trinajstić information content (AvgIpc) is 2.82. The van der Waals surface area contributed by atoms with E-state index in [-0.39, 0.29) is 5.91 Å². The quantitative estimate of drug-likeness (QED) is 0.747. The van der Waals surface area contributed by atoms with Crippen LogP contribution in [-0.4, -0.2) is 22.9 Å². The van der Waals surface area contributed by atoms with Crippen LogP contribution in [-0.2, 0) is 11.2 Å². The van der Waals surface area contributed by atoms with Crippen molar-refractivity contribution in [3.05, 3.63) is 42.4 Å². The Hall–Kier alpha value is -2.30. The van der Waals surface area contributed by atoms with Crippen LogP contribution >= 0.6 is 0 Å². The number of hydrogen-bond donors (Lipinski definition) is 3. The summed E-state index contributed by atoms with van der Waals surface area (Å²) in [5, 5.41) is 5.70. The number of carbonyl (C=O) groups is 1. The van der Waals surface area contributed by atoms with Gasteiger partial charge >= 0.3 is 0 Å². The Morgan fingerprint density at radius 3 is 2.88 bits per heavy atom. The molecule has 0 aromatic carbocycles. The third-order valence-electron chi connectivity index (χ3n) is 2.33. The number of amides is 1. The molecule has 2 heterocycles. The van der Waals surface area contributed by atoms with Gasteiger partial charge in [-0.3, -0.25) is 4.79 Å². The Morgan fingerprint density at radius 1 is 1.41 bits per heavy atom. The maximum Gasteiger partial charge on any atom is 0.228 e. The lowest BCUT2D eigenvalue weighted by atomic mass is 10.2. The van der Waals surface area contributed by atoms with Crippen molar-refractivity contribution >= 4 is 17.4 Å². The molecule has 0 saturated carbocycles. The molecule has 3 N–H and O–H groups in total. The Balaban J connectivity index is 1.93. The molecule has 5 nitrogen and oxygen atoms in total.